The Morgan fingerprint density at radius 1 is 1.11 bits per heavy atom. The number of hydrogen-bond acceptors (Lipinski definition) is 5. The fourth-order valence-corrected chi connectivity index (χ4v) is 2.74. The average molecular weight is 374 g/mol. The molecule has 0 aliphatic heterocycles. The first-order chi connectivity index (χ1) is 13.4. The molecule has 0 unspecified atom stereocenters. The Kier molecular flexibility index (Phi) is 5.66. The average Bonchev–Trinajstić information content (AvgIpc) is 2.67. The van der Waals surface area contributed by atoms with Crippen LogP contribution in [0, 0.1) is 32.1 Å². The summed E-state index contributed by atoms with van der Waals surface area (Å²) in [6, 6.07) is 14.6. The summed E-state index contributed by atoms with van der Waals surface area (Å²) in [7, 11) is 0. The normalized spacial score (nSPS) is 11.0. The largest absolute Gasteiger partial charge is 0.438 e. The molecule has 0 radical (unpaired) electrons. The highest BCUT2D eigenvalue weighted by molar-refractivity contribution is 5.60. The van der Waals surface area contributed by atoms with Crippen LogP contribution in [-0.4, -0.2) is 9.97 Å². The quantitative estimate of drug-likeness (QED) is 0.574. The number of allylic oxidation sites excluding steroid dienone is 1. The minimum absolute atomic E-state index is 0.391. The van der Waals surface area contributed by atoms with E-state index in [2.05, 4.69) is 15.3 Å². The second kappa shape index (κ2) is 8.31. The van der Waals surface area contributed by atoms with Crippen molar-refractivity contribution in [2.24, 2.45) is 0 Å². The van der Waals surface area contributed by atoms with Gasteiger partial charge in [-0.25, -0.2) is 4.98 Å². The van der Waals surface area contributed by atoms with Gasteiger partial charge in [-0.2, -0.15) is 14.6 Å². The summed E-state index contributed by atoms with van der Waals surface area (Å²) < 4.78 is 19.2. The van der Waals surface area contributed by atoms with Gasteiger partial charge in [-0.3, -0.25) is 0 Å². The maximum atomic E-state index is 13.2. The number of rotatable bonds is 5. The molecule has 0 aliphatic rings. The molecular weight excluding hydrogens is 355 g/mol. The van der Waals surface area contributed by atoms with Crippen molar-refractivity contribution in [2.75, 3.05) is 5.32 Å². The standard InChI is InChI=1S/C22H19FN4O/c1-14-4-6-19(7-5-14)26-22-25-9-8-20(27-22)28-21-15(2)10-17(11-16(21)3)12-18(23)13-24/h4-12H,1-3H3,(H,25,26,27)/b18-12+. The van der Waals surface area contributed by atoms with Crippen LogP contribution in [-0.2, 0) is 0 Å². The van der Waals surface area contributed by atoms with Crippen LogP contribution in [0.25, 0.3) is 6.08 Å². The number of benzene rings is 2. The fourth-order valence-electron chi connectivity index (χ4n) is 2.74. The Labute approximate surface area is 163 Å². The Balaban J connectivity index is 1.82. The van der Waals surface area contributed by atoms with Crippen molar-refractivity contribution in [2.45, 2.75) is 20.8 Å². The molecular formula is C22H19FN4O. The van der Waals surface area contributed by atoms with Gasteiger partial charge in [0.1, 0.15) is 11.8 Å². The number of ether oxygens (including phenoxy) is 1. The minimum atomic E-state index is -0.838. The third-order valence-electron chi connectivity index (χ3n) is 4.03. The molecule has 0 amide bonds. The van der Waals surface area contributed by atoms with Gasteiger partial charge in [0, 0.05) is 18.0 Å². The molecule has 2 aromatic carbocycles. The van der Waals surface area contributed by atoms with Gasteiger partial charge in [0.25, 0.3) is 0 Å². The predicted octanol–water partition coefficient (Wildman–Crippen LogP) is 5.77. The van der Waals surface area contributed by atoms with Crippen LogP contribution in [0.1, 0.15) is 22.3 Å². The van der Waals surface area contributed by atoms with Crippen molar-refractivity contribution in [3.05, 3.63) is 76.7 Å². The maximum Gasteiger partial charge on any atom is 0.230 e. The van der Waals surface area contributed by atoms with E-state index >= 15 is 0 Å². The summed E-state index contributed by atoms with van der Waals surface area (Å²) in [5.41, 5.74) is 4.27. The van der Waals surface area contributed by atoms with E-state index in [4.69, 9.17) is 10.00 Å². The second-order valence-electron chi connectivity index (χ2n) is 6.40. The molecule has 1 heterocycles. The van der Waals surface area contributed by atoms with E-state index in [1.165, 1.54) is 17.7 Å². The first-order valence-corrected chi connectivity index (χ1v) is 8.68. The monoisotopic (exact) mass is 374 g/mol. The van der Waals surface area contributed by atoms with E-state index in [0.29, 0.717) is 23.1 Å². The molecule has 3 rings (SSSR count). The molecule has 0 saturated heterocycles. The number of halogens is 1. The summed E-state index contributed by atoms with van der Waals surface area (Å²) in [6.45, 7) is 5.74. The van der Waals surface area contributed by atoms with E-state index < -0.39 is 5.83 Å². The van der Waals surface area contributed by atoms with Crippen LogP contribution in [0.3, 0.4) is 0 Å². The maximum absolute atomic E-state index is 13.2. The van der Waals surface area contributed by atoms with Gasteiger partial charge in [-0.05, 0) is 67.8 Å². The number of nitriles is 1. The number of aryl methyl sites for hydroxylation is 3. The fraction of sp³-hybridized carbons (Fsp3) is 0.136. The Morgan fingerprint density at radius 3 is 2.43 bits per heavy atom. The molecule has 0 bridgehead atoms. The molecule has 28 heavy (non-hydrogen) atoms. The molecule has 5 nitrogen and oxygen atoms in total. The molecule has 1 N–H and O–H groups in total. The molecule has 0 atom stereocenters. The van der Waals surface area contributed by atoms with Crippen LogP contribution in [0.4, 0.5) is 16.0 Å². The minimum Gasteiger partial charge on any atom is -0.438 e. The van der Waals surface area contributed by atoms with E-state index in [9.17, 15) is 4.39 Å². The topological polar surface area (TPSA) is 70.8 Å². The predicted molar refractivity (Wildman–Crippen MR) is 107 cm³/mol. The van der Waals surface area contributed by atoms with E-state index in [1.54, 1.807) is 24.4 Å². The van der Waals surface area contributed by atoms with Crippen LogP contribution in [0.2, 0.25) is 0 Å². The second-order valence-corrected chi connectivity index (χ2v) is 6.40. The number of anilines is 2. The lowest BCUT2D eigenvalue weighted by Crippen LogP contribution is -1.99. The number of hydrogen-bond donors (Lipinski definition) is 1. The lowest BCUT2D eigenvalue weighted by molar-refractivity contribution is 0.455. The molecule has 3 aromatic rings. The zero-order chi connectivity index (χ0) is 20.1. The molecule has 0 spiro atoms. The van der Waals surface area contributed by atoms with E-state index in [1.807, 2.05) is 45.0 Å². The van der Waals surface area contributed by atoms with Gasteiger partial charge in [0.05, 0.1) is 0 Å². The lowest BCUT2D eigenvalue weighted by atomic mass is 10.1. The van der Waals surface area contributed by atoms with Crippen LogP contribution in [0.15, 0.2) is 54.5 Å². The highest BCUT2D eigenvalue weighted by Gasteiger charge is 2.10. The van der Waals surface area contributed by atoms with Gasteiger partial charge in [-0.15, -0.1) is 0 Å². The van der Waals surface area contributed by atoms with Crippen LogP contribution >= 0.6 is 0 Å². The molecule has 6 heteroatoms. The van der Waals surface area contributed by atoms with Gasteiger partial charge >= 0.3 is 0 Å². The third-order valence-corrected chi connectivity index (χ3v) is 4.03. The van der Waals surface area contributed by atoms with Gasteiger partial charge < -0.3 is 10.1 Å². The van der Waals surface area contributed by atoms with Gasteiger partial charge in [-0.1, -0.05) is 17.7 Å². The van der Waals surface area contributed by atoms with Gasteiger partial charge in [0.15, 0.2) is 0 Å². The molecule has 1 aromatic heterocycles. The summed E-state index contributed by atoms with van der Waals surface area (Å²) in [6.07, 6.45) is 2.81. The van der Waals surface area contributed by atoms with Crippen molar-refractivity contribution in [1.29, 1.82) is 5.26 Å². The smallest absolute Gasteiger partial charge is 0.230 e. The van der Waals surface area contributed by atoms with Crippen molar-refractivity contribution >= 4 is 17.7 Å². The van der Waals surface area contributed by atoms with E-state index in [0.717, 1.165) is 16.8 Å². The number of nitrogens with zero attached hydrogens (tertiary/aromatic N) is 3. The summed E-state index contributed by atoms with van der Waals surface area (Å²) in [5, 5.41) is 11.7. The first kappa shape index (κ1) is 19.1. The highest BCUT2D eigenvalue weighted by Crippen LogP contribution is 2.30. The molecule has 0 aliphatic carbocycles. The SMILES string of the molecule is Cc1ccc(Nc2nccc(Oc3c(C)cc(/C=C(/F)C#N)cc3C)n2)cc1. The molecule has 0 fully saturated rings. The Hall–Kier alpha value is -3.72. The summed E-state index contributed by atoms with van der Waals surface area (Å²) >= 11 is 0. The molecule has 0 saturated carbocycles. The Bertz CT molecular complexity index is 1050. The Morgan fingerprint density at radius 2 is 1.79 bits per heavy atom. The van der Waals surface area contributed by atoms with Crippen molar-refractivity contribution in [3.8, 4) is 17.7 Å². The van der Waals surface area contributed by atoms with Crippen LogP contribution < -0.4 is 10.1 Å². The van der Waals surface area contributed by atoms with Crippen LogP contribution in [0.5, 0.6) is 11.6 Å². The first-order valence-electron chi connectivity index (χ1n) is 8.68. The number of aromatic nitrogens is 2. The van der Waals surface area contributed by atoms with E-state index in [-0.39, 0.29) is 0 Å². The zero-order valence-corrected chi connectivity index (χ0v) is 15.8. The van der Waals surface area contributed by atoms with Gasteiger partial charge in [0.2, 0.25) is 17.7 Å². The molecule has 140 valence electrons. The van der Waals surface area contributed by atoms with Crippen molar-refractivity contribution in [1.82, 2.24) is 9.97 Å². The summed E-state index contributed by atoms with van der Waals surface area (Å²) in [5.74, 6) is 0.610. The lowest BCUT2D eigenvalue weighted by Gasteiger charge is -2.13. The van der Waals surface area contributed by atoms with Crippen molar-refractivity contribution < 1.29 is 9.13 Å². The van der Waals surface area contributed by atoms with Crippen molar-refractivity contribution in [3.63, 3.8) is 0 Å². The third kappa shape index (κ3) is 4.71. The summed E-state index contributed by atoms with van der Waals surface area (Å²) in [4.78, 5) is 8.61. The zero-order valence-electron chi connectivity index (χ0n) is 15.8. The highest BCUT2D eigenvalue weighted by atomic mass is 19.1. The number of nitrogens with one attached hydrogen (secondary N) is 1.